The zero-order chi connectivity index (χ0) is 21.8. The molecule has 0 aliphatic rings. The lowest BCUT2D eigenvalue weighted by Crippen LogP contribution is -2.14. The highest BCUT2D eigenvalue weighted by molar-refractivity contribution is 7.98. The zero-order valence-corrected chi connectivity index (χ0v) is 18.2. The monoisotopic (exact) mass is 446 g/mol. The number of hydrogen-bond acceptors (Lipinski definition) is 6. The SMILES string of the molecule is CSc1ccc(C(=O)/C(Cc2ccccc2)=C(/C(=O)O)c2ccc3nsnc3c2)cc1. The van der Waals surface area contributed by atoms with Crippen LogP contribution in [0.3, 0.4) is 0 Å². The second-order valence-corrected chi connectivity index (χ2v) is 8.25. The van der Waals surface area contributed by atoms with Crippen molar-refractivity contribution < 1.29 is 14.7 Å². The molecule has 0 fully saturated rings. The van der Waals surface area contributed by atoms with Crippen molar-refractivity contribution in [2.45, 2.75) is 11.3 Å². The van der Waals surface area contributed by atoms with E-state index in [2.05, 4.69) is 8.75 Å². The summed E-state index contributed by atoms with van der Waals surface area (Å²) in [6, 6.07) is 21.7. The molecule has 0 unspecified atom stereocenters. The predicted octanol–water partition coefficient (Wildman–Crippen LogP) is 5.38. The van der Waals surface area contributed by atoms with Crippen LogP contribution in [0.25, 0.3) is 16.6 Å². The van der Waals surface area contributed by atoms with E-state index in [1.54, 1.807) is 42.1 Å². The number of carbonyl (C=O) groups excluding carboxylic acids is 1. The van der Waals surface area contributed by atoms with Gasteiger partial charge in [0.2, 0.25) is 0 Å². The van der Waals surface area contributed by atoms with Crippen LogP contribution < -0.4 is 0 Å². The number of carbonyl (C=O) groups is 2. The van der Waals surface area contributed by atoms with E-state index < -0.39 is 5.97 Å². The molecule has 0 spiro atoms. The second kappa shape index (κ2) is 9.24. The number of thioether (sulfide) groups is 1. The number of aromatic nitrogens is 2. The standard InChI is InChI=1S/C24H18N2O3S2/c1-30-18-10-7-16(8-11-18)23(27)19(13-15-5-3-2-4-6-15)22(24(28)29)17-9-12-20-21(14-17)26-31-25-20/h2-12,14H,13H2,1H3,(H,28,29)/b22-19+. The minimum atomic E-state index is -1.15. The summed E-state index contributed by atoms with van der Waals surface area (Å²) in [6.07, 6.45) is 2.17. The van der Waals surface area contributed by atoms with Crippen molar-refractivity contribution in [3.05, 3.63) is 95.1 Å². The van der Waals surface area contributed by atoms with Gasteiger partial charge in [0.15, 0.2) is 5.78 Å². The Labute approximate surface area is 187 Å². The van der Waals surface area contributed by atoms with Gasteiger partial charge < -0.3 is 5.11 Å². The molecular weight excluding hydrogens is 428 g/mol. The maximum atomic E-state index is 13.5. The molecular formula is C24H18N2O3S2. The number of benzene rings is 3. The van der Waals surface area contributed by atoms with Gasteiger partial charge in [-0.05, 0) is 53.8 Å². The van der Waals surface area contributed by atoms with Gasteiger partial charge >= 0.3 is 5.97 Å². The Morgan fingerprint density at radius 3 is 2.26 bits per heavy atom. The average molecular weight is 447 g/mol. The van der Waals surface area contributed by atoms with Gasteiger partial charge in [0.1, 0.15) is 11.0 Å². The van der Waals surface area contributed by atoms with Gasteiger partial charge in [-0.1, -0.05) is 36.4 Å². The lowest BCUT2D eigenvalue weighted by molar-refractivity contribution is -0.130. The normalized spacial score (nSPS) is 11.9. The van der Waals surface area contributed by atoms with Crippen LogP contribution in [0.1, 0.15) is 21.5 Å². The third kappa shape index (κ3) is 4.57. The largest absolute Gasteiger partial charge is 0.478 e. The van der Waals surface area contributed by atoms with Crippen molar-refractivity contribution in [2.24, 2.45) is 0 Å². The second-order valence-electron chi connectivity index (χ2n) is 6.85. The van der Waals surface area contributed by atoms with Crippen LogP contribution in [0, 0.1) is 0 Å². The topological polar surface area (TPSA) is 80.2 Å². The molecule has 0 aliphatic heterocycles. The van der Waals surface area contributed by atoms with Crippen LogP contribution in [-0.2, 0) is 11.2 Å². The third-order valence-corrected chi connectivity index (χ3v) is 6.21. The predicted molar refractivity (Wildman–Crippen MR) is 125 cm³/mol. The number of Topliss-reactive ketones (excluding diaryl/α,β-unsaturated/α-hetero) is 1. The summed E-state index contributed by atoms with van der Waals surface area (Å²) < 4.78 is 8.39. The Hall–Kier alpha value is -3.29. The number of hydrogen-bond donors (Lipinski definition) is 1. The first-order chi connectivity index (χ1) is 15.1. The number of nitrogens with zero attached hydrogens (tertiary/aromatic N) is 2. The molecule has 0 saturated heterocycles. The molecule has 5 nitrogen and oxygen atoms in total. The van der Waals surface area contributed by atoms with E-state index in [0.717, 1.165) is 22.2 Å². The summed E-state index contributed by atoms with van der Waals surface area (Å²) in [7, 11) is 0. The van der Waals surface area contributed by atoms with E-state index >= 15 is 0 Å². The minimum Gasteiger partial charge on any atom is -0.478 e. The molecule has 1 N–H and O–H groups in total. The zero-order valence-electron chi connectivity index (χ0n) is 16.6. The Bertz CT molecular complexity index is 1280. The molecule has 0 aliphatic carbocycles. The Morgan fingerprint density at radius 2 is 1.58 bits per heavy atom. The van der Waals surface area contributed by atoms with Crippen molar-refractivity contribution >= 4 is 51.8 Å². The summed E-state index contributed by atoms with van der Waals surface area (Å²) in [5.41, 5.74) is 3.28. The van der Waals surface area contributed by atoms with Gasteiger partial charge in [-0.15, -0.1) is 11.8 Å². The highest BCUT2D eigenvalue weighted by Crippen LogP contribution is 2.28. The van der Waals surface area contributed by atoms with Crippen molar-refractivity contribution in [3.63, 3.8) is 0 Å². The molecule has 0 radical (unpaired) electrons. The van der Waals surface area contributed by atoms with Crippen molar-refractivity contribution in [1.29, 1.82) is 0 Å². The molecule has 1 aromatic heterocycles. The van der Waals surface area contributed by atoms with Gasteiger partial charge in [-0.25, -0.2) is 4.79 Å². The number of carboxylic acids is 1. The van der Waals surface area contributed by atoms with Crippen molar-refractivity contribution in [3.8, 4) is 0 Å². The van der Waals surface area contributed by atoms with Crippen molar-refractivity contribution in [1.82, 2.24) is 8.75 Å². The van der Waals surface area contributed by atoms with Crippen LogP contribution in [0.2, 0.25) is 0 Å². The van der Waals surface area contributed by atoms with Gasteiger partial charge in [0.05, 0.1) is 17.3 Å². The summed E-state index contributed by atoms with van der Waals surface area (Å²) in [5.74, 6) is -1.45. The molecule has 0 atom stereocenters. The molecule has 0 saturated carbocycles. The molecule has 154 valence electrons. The van der Waals surface area contributed by atoms with E-state index in [0.29, 0.717) is 22.2 Å². The van der Waals surface area contributed by atoms with Crippen LogP contribution in [-0.4, -0.2) is 31.9 Å². The lowest BCUT2D eigenvalue weighted by Gasteiger charge is -2.13. The summed E-state index contributed by atoms with van der Waals surface area (Å²) in [6.45, 7) is 0. The number of carboxylic acid groups (broad SMARTS) is 1. The van der Waals surface area contributed by atoms with Crippen LogP contribution in [0.4, 0.5) is 0 Å². The smallest absolute Gasteiger partial charge is 0.336 e. The van der Waals surface area contributed by atoms with Gasteiger partial charge in [0.25, 0.3) is 0 Å². The van der Waals surface area contributed by atoms with E-state index in [-0.39, 0.29) is 23.4 Å². The highest BCUT2D eigenvalue weighted by atomic mass is 32.2. The fourth-order valence-electron chi connectivity index (χ4n) is 3.36. The first kappa shape index (κ1) is 21.0. The number of aliphatic carboxylic acids is 1. The summed E-state index contributed by atoms with van der Waals surface area (Å²) >= 11 is 2.65. The van der Waals surface area contributed by atoms with Crippen LogP contribution in [0.5, 0.6) is 0 Å². The number of rotatable bonds is 7. The van der Waals surface area contributed by atoms with Crippen molar-refractivity contribution in [2.75, 3.05) is 6.26 Å². The van der Waals surface area contributed by atoms with Gasteiger partial charge in [-0.3, -0.25) is 4.79 Å². The number of fused-ring (bicyclic) bond motifs is 1. The van der Waals surface area contributed by atoms with E-state index in [9.17, 15) is 14.7 Å². The molecule has 7 heteroatoms. The molecule has 31 heavy (non-hydrogen) atoms. The molecule has 3 aromatic carbocycles. The number of ketones is 1. The van der Waals surface area contributed by atoms with Gasteiger partial charge in [-0.2, -0.15) is 8.75 Å². The number of allylic oxidation sites excluding steroid dienone is 1. The molecule has 0 amide bonds. The minimum absolute atomic E-state index is 0.0160. The van der Waals surface area contributed by atoms with Gasteiger partial charge in [0, 0.05) is 22.5 Å². The third-order valence-electron chi connectivity index (χ3n) is 4.91. The first-order valence-corrected chi connectivity index (χ1v) is 11.4. The maximum Gasteiger partial charge on any atom is 0.336 e. The Morgan fingerprint density at radius 1 is 0.903 bits per heavy atom. The van der Waals surface area contributed by atoms with E-state index in [1.807, 2.05) is 48.7 Å². The average Bonchev–Trinajstić information content (AvgIpc) is 3.27. The Balaban J connectivity index is 1.89. The summed E-state index contributed by atoms with van der Waals surface area (Å²) in [5, 5.41) is 10.1. The fourth-order valence-corrected chi connectivity index (χ4v) is 4.29. The van der Waals surface area contributed by atoms with Crippen LogP contribution >= 0.6 is 23.5 Å². The molecule has 4 aromatic rings. The quantitative estimate of drug-likeness (QED) is 0.233. The van der Waals surface area contributed by atoms with E-state index in [4.69, 9.17) is 0 Å². The molecule has 0 bridgehead atoms. The Kier molecular flexibility index (Phi) is 6.25. The van der Waals surface area contributed by atoms with Crippen LogP contribution in [0.15, 0.2) is 83.3 Å². The lowest BCUT2D eigenvalue weighted by atomic mass is 9.89. The highest BCUT2D eigenvalue weighted by Gasteiger charge is 2.24. The summed E-state index contributed by atoms with van der Waals surface area (Å²) in [4.78, 5) is 27.0. The maximum absolute atomic E-state index is 13.5. The van der Waals surface area contributed by atoms with E-state index in [1.165, 1.54) is 0 Å². The fraction of sp³-hybridized carbons (Fsp3) is 0.0833. The molecule has 1 heterocycles. The first-order valence-electron chi connectivity index (χ1n) is 9.48. The molecule has 4 rings (SSSR count).